The van der Waals surface area contributed by atoms with Crippen molar-refractivity contribution in [3.63, 3.8) is 0 Å². The van der Waals surface area contributed by atoms with Crippen molar-refractivity contribution in [2.75, 3.05) is 0 Å². The summed E-state index contributed by atoms with van der Waals surface area (Å²) in [6, 6.07) is 5.85. The molecule has 1 aromatic heterocycles. The van der Waals surface area contributed by atoms with Crippen molar-refractivity contribution in [1.82, 2.24) is 15.3 Å². The Kier molecular flexibility index (Phi) is 4.64. The number of H-pyrrole nitrogens is 1. The summed E-state index contributed by atoms with van der Waals surface area (Å²) in [6.45, 7) is 2.78. The van der Waals surface area contributed by atoms with Crippen molar-refractivity contribution < 1.29 is 0 Å². The lowest BCUT2D eigenvalue weighted by atomic mass is 10.1. The summed E-state index contributed by atoms with van der Waals surface area (Å²) in [5.74, 6) is 0.940. The molecule has 0 saturated carbocycles. The minimum atomic E-state index is 0.190. The topological polar surface area (TPSA) is 40.7 Å². The minimum Gasteiger partial charge on any atom is -0.347 e. The Bertz CT molecular complexity index is 497. The van der Waals surface area contributed by atoms with E-state index in [4.69, 9.17) is 23.2 Å². The molecule has 5 heteroatoms. The van der Waals surface area contributed by atoms with Crippen molar-refractivity contribution in [2.45, 2.75) is 25.9 Å². The van der Waals surface area contributed by atoms with Crippen LogP contribution in [0.15, 0.2) is 30.6 Å². The SMILES string of the molecule is CCC(NCc1cccc(Cl)c1Cl)c1ncc[nH]1. The van der Waals surface area contributed by atoms with E-state index >= 15 is 0 Å². The average molecular weight is 284 g/mol. The van der Waals surface area contributed by atoms with E-state index in [9.17, 15) is 0 Å². The van der Waals surface area contributed by atoms with Gasteiger partial charge < -0.3 is 10.3 Å². The Balaban J connectivity index is 2.04. The molecule has 0 aliphatic carbocycles. The number of hydrogen-bond acceptors (Lipinski definition) is 2. The number of hydrogen-bond donors (Lipinski definition) is 2. The van der Waals surface area contributed by atoms with Crippen LogP contribution in [0.1, 0.15) is 30.8 Å². The number of rotatable bonds is 5. The first-order chi connectivity index (χ1) is 8.72. The lowest BCUT2D eigenvalue weighted by Crippen LogP contribution is -2.21. The molecule has 2 N–H and O–H groups in total. The molecular formula is C13H15Cl2N3. The van der Waals surface area contributed by atoms with E-state index in [1.165, 1.54) is 0 Å². The molecular weight excluding hydrogens is 269 g/mol. The maximum absolute atomic E-state index is 6.15. The fourth-order valence-corrected chi connectivity index (χ4v) is 2.21. The van der Waals surface area contributed by atoms with Gasteiger partial charge in [-0.05, 0) is 18.1 Å². The molecule has 1 unspecified atom stereocenters. The zero-order valence-electron chi connectivity index (χ0n) is 10.1. The summed E-state index contributed by atoms with van der Waals surface area (Å²) < 4.78 is 0. The Morgan fingerprint density at radius 2 is 2.22 bits per heavy atom. The van der Waals surface area contributed by atoms with Gasteiger partial charge in [-0.25, -0.2) is 4.98 Å². The minimum absolute atomic E-state index is 0.190. The molecule has 0 bridgehead atoms. The van der Waals surface area contributed by atoms with Gasteiger partial charge in [0, 0.05) is 18.9 Å². The molecule has 2 rings (SSSR count). The average Bonchev–Trinajstić information content (AvgIpc) is 2.89. The second-order valence-corrected chi connectivity index (χ2v) is 4.81. The predicted molar refractivity (Wildman–Crippen MR) is 74.9 cm³/mol. The van der Waals surface area contributed by atoms with Crippen LogP contribution in [0.4, 0.5) is 0 Å². The van der Waals surface area contributed by atoms with Crippen LogP contribution < -0.4 is 5.32 Å². The van der Waals surface area contributed by atoms with Crippen molar-refractivity contribution in [1.29, 1.82) is 0 Å². The van der Waals surface area contributed by atoms with Crippen molar-refractivity contribution in [3.05, 3.63) is 52.0 Å². The van der Waals surface area contributed by atoms with Gasteiger partial charge in [0.25, 0.3) is 0 Å². The highest BCUT2D eigenvalue weighted by Crippen LogP contribution is 2.26. The van der Waals surface area contributed by atoms with Crippen molar-refractivity contribution in [3.8, 4) is 0 Å². The molecule has 3 nitrogen and oxygen atoms in total. The van der Waals surface area contributed by atoms with E-state index in [1.807, 2.05) is 18.3 Å². The summed E-state index contributed by atoms with van der Waals surface area (Å²) in [5, 5.41) is 4.62. The quantitative estimate of drug-likeness (QED) is 0.872. The summed E-state index contributed by atoms with van der Waals surface area (Å²) in [4.78, 5) is 7.38. The maximum atomic E-state index is 6.15. The third kappa shape index (κ3) is 3.05. The van der Waals surface area contributed by atoms with Gasteiger partial charge >= 0.3 is 0 Å². The summed E-state index contributed by atoms with van der Waals surface area (Å²) in [6.07, 6.45) is 4.53. The van der Waals surface area contributed by atoms with Gasteiger partial charge in [0.1, 0.15) is 5.82 Å². The van der Waals surface area contributed by atoms with E-state index in [2.05, 4.69) is 22.2 Å². The zero-order chi connectivity index (χ0) is 13.0. The molecule has 0 amide bonds. The molecule has 1 aromatic carbocycles. The summed E-state index contributed by atoms with van der Waals surface area (Å²) in [7, 11) is 0. The molecule has 96 valence electrons. The second-order valence-electron chi connectivity index (χ2n) is 4.03. The van der Waals surface area contributed by atoms with E-state index in [0.29, 0.717) is 16.6 Å². The lowest BCUT2D eigenvalue weighted by Gasteiger charge is -2.15. The highest BCUT2D eigenvalue weighted by Gasteiger charge is 2.12. The van der Waals surface area contributed by atoms with Crippen LogP contribution >= 0.6 is 23.2 Å². The first-order valence-electron chi connectivity index (χ1n) is 5.88. The number of aromatic nitrogens is 2. The standard InChI is InChI=1S/C13H15Cl2N3/c1-2-11(13-16-6-7-17-13)18-8-9-4-3-5-10(14)12(9)15/h3-7,11,18H,2,8H2,1H3,(H,16,17). The van der Waals surface area contributed by atoms with Gasteiger partial charge in [0.2, 0.25) is 0 Å². The molecule has 0 spiro atoms. The molecule has 0 radical (unpaired) electrons. The van der Waals surface area contributed by atoms with Crippen molar-refractivity contribution >= 4 is 23.2 Å². The number of nitrogens with zero attached hydrogens (tertiary/aromatic N) is 1. The Morgan fingerprint density at radius 1 is 1.39 bits per heavy atom. The van der Waals surface area contributed by atoms with Gasteiger partial charge in [0.15, 0.2) is 0 Å². The summed E-state index contributed by atoms with van der Waals surface area (Å²) >= 11 is 12.1. The highest BCUT2D eigenvalue weighted by molar-refractivity contribution is 6.42. The fourth-order valence-electron chi connectivity index (χ4n) is 1.82. The van der Waals surface area contributed by atoms with E-state index in [0.717, 1.165) is 17.8 Å². The third-order valence-corrected chi connectivity index (χ3v) is 3.69. The zero-order valence-corrected chi connectivity index (χ0v) is 11.6. The normalized spacial score (nSPS) is 12.6. The lowest BCUT2D eigenvalue weighted by molar-refractivity contribution is 0.498. The number of benzene rings is 1. The Hall–Kier alpha value is -1.03. The fraction of sp³-hybridized carbons (Fsp3) is 0.308. The van der Waals surface area contributed by atoms with Crippen LogP contribution in [0.25, 0.3) is 0 Å². The molecule has 1 atom stereocenters. The van der Waals surface area contributed by atoms with Gasteiger partial charge in [-0.2, -0.15) is 0 Å². The van der Waals surface area contributed by atoms with E-state index < -0.39 is 0 Å². The van der Waals surface area contributed by atoms with Crippen LogP contribution in [-0.2, 0) is 6.54 Å². The van der Waals surface area contributed by atoms with Gasteiger partial charge in [0.05, 0.1) is 16.1 Å². The van der Waals surface area contributed by atoms with Gasteiger partial charge in [-0.3, -0.25) is 0 Å². The largest absolute Gasteiger partial charge is 0.347 e. The monoisotopic (exact) mass is 283 g/mol. The van der Waals surface area contributed by atoms with Gasteiger partial charge in [-0.1, -0.05) is 42.3 Å². The Morgan fingerprint density at radius 3 is 2.89 bits per heavy atom. The van der Waals surface area contributed by atoms with Crippen molar-refractivity contribution in [2.24, 2.45) is 0 Å². The van der Waals surface area contributed by atoms with Crippen LogP contribution in [0.5, 0.6) is 0 Å². The molecule has 1 heterocycles. The first kappa shape index (κ1) is 13.4. The highest BCUT2D eigenvalue weighted by atomic mass is 35.5. The second kappa shape index (κ2) is 6.23. The first-order valence-corrected chi connectivity index (χ1v) is 6.63. The molecule has 0 saturated heterocycles. The molecule has 18 heavy (non-hydrogen) atoms. The summed E-state index contributed by atoms with van der Waals surface area (Å²) in [5.41, 5.74) is 0.995. The van der Waals surface area contributed by atoms with Crippen LogP contribution in [0, 0.1) is 0 Å². The van der Waals surface area contributed by atoms with Crippen LogP contribution in [0.2, 0.25) is 10.0 Å². The number of halogens is 2. The number of nitrogens with one attached hydrogen (secondary N) is 2. The third-order valence-electron chi connectivity index (χ3n) is 2.83. The Labute approximate surface area is 117 Å². The van der Waals surface area contributed by atoms with Crippen LogP contribution in [-0.4, -0.2) is 9.97 Å². The predicted octanol–water partition coefficient (Wildman–Crippen LogP) is 3.96. The van der Waals surface area contributed by atoms with Gasteiger partial charge in [-0.15, -0.1) is 0 Å². The molecule has 0 aliphatic rings. The smallest absolute Gasteiger partial charge is 0.123 e. The van der Waals surface area contributed by atoms with E-state index in [1.54, 1.807) is 12.3 Å². The molecule has 0 fully saturated rings. The number of aromatic amines is 1. The van der Waals surface area contributed by atoms with Crippen LogP contribution in [0.3, 0.4) is 0 Å². The molecule has 2 aromatic rings. The van der Waals surface area contributed by atoms with E-state index in [-0.39, 0.29) is 6.04 Å². The molecule has 0 aliphatic heterocycles. The maximum Gasteiger partial charge on any atom is 0.123 e. The number of imidazole rings is 1.